The number of nitrogens with zero attached hydrogens (tertiary/aromatic N) is 5. The molecule has 5 nitrogen and oxygen atoms in total. The summed E-state index contributed by atoms with van der Waals surface area (Å²) >= 11 is 0. The Balaban J connectivity index is 1.82. The smallest absolute Gasteiger partial charge is 0.0976 e. The van der Waals surface area contributed by atoms with Gasteiger partial charge < -0.3 is 0 Å². The summed E-state index contributed by atoms with van der Waals surface area (Å²) in [6, 6.07) is 2.47. The topological polar surface area (TPSA) is 48.1 Å². The molecule has 1 aliphatic heterocycles. The van der Waals surface area contributed by atoms with Crippen LogP contribution in [0.1, 0.15) is 18.9 Å². The van der Waals surface area contributed by atoms with Crippen molar-refractivity contribution in [3.05, 3.63) is 18.0 Å². The van der Waals surface area contributed by atoms with Crippen LogP contribution in [0.2, 0.25) is 0 Å². The number of nitriles is 1. The summed E-state index contributed by atoms with van der Waals surface area (Å²) in [7, 11) is 1.94. The van der Waals surface area contributed by atoms with Crippen molar-refractivity contribution in [1.82, 2.24) is 19.6 Å². The fraction of sp³-hybridized carbons (Fsp3) is 0.692. The first kappa shape index (κ1) is 13.1. The molecule has 1 aliphatic rings. The molecule has 2 heterocycles. The highest BCUT2D eigenvalue weighted by Crippen LogP contribution is 2.11. The standard InChI is InChI=1S/C13H21N5/c1-3-13(8-14)18-6-4-17(5-7-18)11-12-9-15-16(2)10-12/h9-10,13H,3-7,11H2,1-2H3. The minimum absolute atomic E-state index is 0.0885. The molecule has 0 amide bonds. The first-order valence-electron chi connectivity index (χ1n) is 6.56. The molecule has 98 valence electrons. The molecule has 0 aliphatic carbocycles. The lowest BCUT2D eigenvalue weighted by molar-refractivity contribution is 0.108. The molecule has 1 atom stereocenters. The molecule has 0 saturated carbocycles. The van der Waals surface area contributed by atoms with Gasteiger partial charge in [-0.25, -0.2) is 0 Å². The third-order valence-corrected chi connectivity index (χ3v) is 3.55. The Labute approximate surface area is 109 Å². The van der Waals surface area contributed by atoms with E-state index >= 15 is 0 Å². The van der Waals surface area contributed by atoms with Gasteiger partial charge in [-0.05, 0) is 6.42 Å². The number of piperazine rings is 1. The highest BCUT2D eigenvalue weighted by molar-refractivity contribution is 5.03. The fourth-order valence-electron chi connectivity index (χ4n) is 2.48. The van der Waals surface area contributed by atoms with E-state index in [-0.39, 0.29) is 6.04 Å². The Hall–Kier alpha value is -1.38. The third kappa shape index (κ3) is 3.09. The lowest BCUT2D eigenvalue weighted by Crippen LogP contribution is -2.49. The van der Waals surface area contributed by atoms with Crippen molar-refractivity contribution in [3.63, 3.8) is 0 Å². The van der Waals surface area contributed by atoms with Gasteiger partial charge in [0.2, 0.25) is 0 Å². The van der Waals surface area contributed by atoms with Crippen LogP contribution in [0.4, 0.5) is 0 Å². The van der Waals surface area contributed by atoms with Gasteiger partial charge in [0.25, 0.3) is 0 Å². The van der Waals surface area contributed by atoms with Crippen LogP contribution in [0.25, 0.3) is 0 Å². The minimum Gasteiger partial charge on any atom is -0.296 e. The average molecular weight is 247 g/mol. The second-order valence-electron chi connectivity index (χ2n) is 4.89. The highest BCUT2D eigenvalue weighted by Gasteiger charge is 2.22. The summed E-state index contributed by atoms with van der Waals surface area (Å²) in [5.74, 6) is 0. The monoisotopic (exact) mass is 247 g/mol. The molecule has 0 N–H and O–H groups in total. The van der Waals surface area contributed by atoms with E-state index in [0.29, 0.717) is 0 Å². The van der Waals surface area contributed by atoms with Gasteiger partial charge in [0.05, 0.1) is 18.3 Å². The van der Waals surface area contributed by atoms with E-state index in [1.54, 1.807) is 0 Å². The minimum atomic E-state index is 0.0885. The van der Waals surface area contributed by atoms with Crippen molar-refractivity contribution in [2.45, 2.75) is 25.9 Å². The maximum atomic E-state index is 9.07. The second kappa shape index (κ2) is 5.98. The van der Waals surface area contributed by atoms with Gasteiger partial charge in [-0.1, -0.05) is 6.92 Å². The van der Waals surface area contributed by atoms with E-state index < -0.39 is 0 Å². The van der Waals surface area contributed by atoms with Gasteiger partial charge in [-0.3, -0.25) is 14.5 Å². The first-order valence-corrected chi connectivity index (χ1v) is 6.56. The SMILES string of the molecule is CCC(C#N)N1CCN(Cc2cnn(C)c2)CC1. The van der Waals surface area contributed by atoms with Crippen molar-refractivity contribution in [2.75, 3.05) is 26.2 Å². The maximum absolute atomic E-state index is 9.07. The van der Waals surface area contributed by atoms with Gasteiger partial charge in [0, 0.05) is 51.5 Å². The molecule has 2 rings (SSSR count). The Morgan fingerprint density at radius 3 is 2.61 bits per heavy atom. The van der Waals surface area contributed by atoms with Crippen molar-refractivity contribution < 1.29 is 0 Å². The van der Waals surface area contributed by atoms with Gasteiger partial charge in [-0.2, -0.15) is 10.4 Å². The van der Waals surface area contributed by atoms with Crippen molar-refractivity contribution in [3.8, 4) is 6.07 Å². The van der Waals surface area contributed by atoms with Crippen molar-refractivity contribution >= 4 is 0 Å². The van der Waals surface area contributed by atoms with Crippen LogP contribution >= 0.6 is 0 Å². The van der Waals surface area contributed by atoms with Gasteiger partial charge in [0.1, 0.15) is 0 Å². The zero-order valence-corrected chi connectivity index (χ0v) is 11.2. The van der Waals surface area contributed by atoms with Gasteiger partial charge >= 0.3 is 0 Å². The van der Waals surface area contributed by atoms with Crippen LogP contribution in [-0.4, -0.2) is 51.8 Å². The summed E-state index contributed by atoms with van der Waals surface area (Å²) in [6.07, 6.45) is 4.91. The number of rotatable bonds is 4. The van der Waals surface area contributed by atoms with E-state index in [1.165, 1.54) is 5.56 Å². The van der Waals surface area contributed by atoms with Crippen LogP contribution in [0.5, 0.6) is 0 Å². The first-order chi connectivity index (χ1) is 8.72. The van der Waals surface area contributed by atoms with E-state index in [2.05, 4.69) is 34.1 Å². The molecule has 1 aromatic heterocycles. The second-order valence-corrected chi connectivity index (χ2v) is 4.89. The summed E-state index contributed by atoms with van der Waals surface area (Å²) in [5.41, 5.74) is 1.26. The zero-order chi connectivity index (χ0) is 13.0. The third-order valence-electron chi connectivity index (χ3n) is 3.55. The normalized spacial score (nSPS) is 19.6. The molecule has 0 aromatic carbocycles. The summed E-state index contributed by atoms with van der Waals surface area (Å²) in [6.45, 7) is 7.10. The fourth-order valence-corrected chi connectivity index (χ4v) is 2.48. The van der Waals surface area contributed by atoms with Crippen LogP contribution in [-0.2, 0) is 13.6 Å². The predicted octanol–water partition coefficient (Wildman–Crippen LogP) is 0.840. The molecule has 1 aromatic rings. The summed E-state index contributed by atoms with van der Waals surface area (Å²) in [4.78, 5) is 4.72. The van der Waals surface area contributed by atoms with E-state index in [1.807, 2.05) is 17.9 Å². The summed E-state index contributed by atoms with van der Waals surface area (Å²) in [5, 5.41) is 13.3. The van der Waals surface area contributed by atoms with Crippen LogP contribution in [0.3, 0.4) is 0 Å². The molecule has 1 unspecified atom stereocenters. The average Bonchev–Trinajstić information content (AvgIpc) is 2.78. The lowest BCUT2D eigenvalue weighted by Gasteiger charge is -2.36. The molecule has 1 saturated heterocycles. The molecular weight excluding hydrogens is 226 g/mol. The van der Waals surface area contributed by atoms with Crippen LogP contribution in [0, 0.1) is 11.3 Å². The lowest BCUT2D eigenvalue weighted by atomic mass is 10.1. The zero-order valence-electron chi connectivity index (χ0n) is 11.2. The number of aromatic nitrogens is 2. The molecule has 18 heavy (non-hydrogen) atoms. The Bertz CT molecular complexity index is 411. The van der Waals surface area contributed by atoms with Crippen LogP contribution in [0.15, 0.2) is 12.4 Å². The maximum Gasteiger partial charge on any atom is 0.0976 e. The number of hydrogen-bond donors (Lipinski definition) is 0. The van der Waals surface area contributed by atoms with Crippen LogP contribution < -0.4 is 0 Å². The van der Waals surface area contributed by atoms with E-state index in [9.17, 15) is 0 Å². The molecule has 1 fully saturated rings. The molecule has 0 bridgehead atoms. The van der Waals surface area contributed by atoms with Crippen molar-refractivity contribution in [2.24, 2.45) is 7.05 Å². The number of hydrogen-bond acceptors (Lipinski definition) is 4. The quantitative estimate of drug-likeness (QED) is 0.791. The van der Waals surface area contributed by atoms with Gasteiger partial charge in [-0.15, -0.1) is 0 Å². The van der Waals surface area contributed by atoms with Gasteiger partial charge in [0.15, 0.2) is 0 Å². The Morgan fingerprint density at radius 1 is 1.39 bits per heavy atom. The number of aryl methyl sites for hydroxylation is 1. The Kier molecular flexibility index (Phi) is 4.34. The largest absolute Gasteiger partial charge is 0.296 e. The van der Waals surface area contributed by atoms with E-state index in [4.69, 9.17) is 5.26 Å². The molecule has 0 spiro atoms. The summed E-state index contributed by atoms with van der Waals surface area (Å²) < 4.78 is 1.84. The highest BCUT2D eigenvalue weighted by atomic mass is 15.3. The Morgan fingerprint density at radius 2 is 2.11 bits per heavy atom. The molecule has 5 heteroatoms. The molecule has 0 radical (unpaired) electrons. The predicted molar refractivity (Wildman–Crippen MR) is 69.8 cm³/mol. The molecular formula is C13H21N5. The van der Waals surface area contributed by atoms with Crippen molar-refractivity contribution in [1.29, 1.82) is 5.26 Å². The van der Waals surface area contributed by atoms with E-state index in [0.717, 1.165) is 39.1 Å².